The summed E-state index contributed by atoms with van der Waals surface area (Å²) in [4.78, 5) is 37.4. The smallest absolute Gasteiger partial charge is 0.269 e. The van der Waals surface area contributed by atoms with Gasteiger partial charge in [0.1, 0.15) is 0 Å². The minimum Gasteiger partial charge on any atom is -0.274 e. The molecular formula is C22H20N2O4. The first-order chi connectivity index (χ1) is 13.4. The topological polar surface area (TPSA) is 80.5 Å². The second-order valence-electron chi connectivity index (χ2n) is 7.54. The Kier molecular flexibility index (Phi) is 4.34. The number of fused-ring (bicyclic) bond motifs is 1. The molecule has 2 aromatic carbocycles. The van der Waals surface area contributed by atoms with Crippen molar-refractivity contribution in [3.63, 3.8) is 0 Å². The second kappa shape index (κ2) is 6.71. The van der Waals surface area contributed by atoms with Crippen molar-refractivity contribution in [3.05, 3.63) is 69.8 Å². The lowest BCUT2D eigenvalue weighted by Crippen LogP contribution is -2.30. The highest BCUT2D eigenvalue weighted by molar-refractivity contribution is 6.22. The van der Waals surface area contributed by atoms with Gasteiger partial charge in [-0.2, -0.15) is 0 Å². The summed E-state index contributed by atoms with van der Waals surface area (Å²) in [5.41, 5.74) is 4.72. The summed E-state index contributed by atoms with van der Waals surface area (Å²) in [6, 6.07) is 13.5. The number of hydrogen-bond acceptors (Lipinski definition) is 4. The molecule has 2 aliphatic rings. The van der Waals surface area contributed by atoms with E-state index in [1.54, 1.807) is 24.3 Å². The first-order valence-corrected chi connectivity index (χ1v) is 9.24. The van der Waals surface area contributed by atoms with Crippen molar-refractivity contribution in [3.8, 4) is 11.1 Å². The van der Waals surface area contributed by atoms with Crippen molar-refractivity contribution in [2.75, 3.05) is 4.90 Å². The maximum atomic E-state index is 12.9. The van der Waals surface area contributed by atoms with Crippen LogP contribution in [0.15, 0.2) is 59.7 Å². The Bertz CT molecular complexity index is 974. The van der Waals surface area contributed by atoms with Crippen LogP contribution < -0.4 is 4.90 Å². The molecular weight excluding hydrogens is 356 g/mol. The minimum atomic E-state index is -0.435. The Balaban J connectivity index is 1.58. The summed E-state index contributed by atoms with van der Waals surface area (Å²) >= 11 is 0. The van der Waals surface area contributed by atoms with Crippen LogP contribution in [0.5, 0.6) is 0 Å². The van der Waals surface area contributed by atoms with Crippen LogP contribution in [-0.4, -0.2) is 16.7 Å². The Morgan fingerprint density at radius 2 is 1.25 bits per heavy atom. The van der Waals surface area contributed by atoms with Crippen molar-refractivity contribution >= 4 is 23.2 Å². The molecule has 142 valence electrons. The summed E-state index contributed by atoms with van der Waals surface area (Å²) in [6.07, 6.45) is 1.30. The number of imide groups is 1. The van der Waals surface area contributed by atoms with Crippen LogP contribution in [-0.2, 0) is 9.59 Å². The van der Waals surface area contributed by atoms with Crippen molar-refractivity contribution in [1.82, 2.24) is 0 Å². The number of anilines is 1. The number of nitrogens with zero attached hydrogens (tertiary/aromatic N) is 2. The Hall–Kier alpha value is -3.28. The average Bonchev–Trinajstić information content (AvgIpc) is 2.92. The molecule has 1 aliphatic heterocycles. The fourth-order valence-corrected chi connectivity index (χ4v) is 4.08. The van der Waals surface area contributed by atoms with Gasteiger partial charge < -0.3 is 0 Å². The van der Waals surface area contributed by atoms with E-state index < -0.39 is 4.92 Å². The lowest BCUT2D eigenvalue weighted by atomic mass is 9.78. The molecule has 6 nitrogen and oxygen atoms in total. The van der Waals surface area contributed by atoms with E-state index in [-0.39, 0.29) is 29.3 Å². The normalized spacial score (nSPS) is 21.9. The van der Waals surface area contributed by atoms with Crippen LogP contribution in [0, 0.1) is 22.0 Å². The number of nitro benzene ring substituents is 1. The predicted molar refractivity (Wildman–Crippen MR) is 106 cm³/mol. The number of allylic oxidation sites excluding steroid dienone is 2. The zero-order valence-electron chi connectivity index (χ0n) is 15.7. The molecule has 0 unspecified atom stereocenters. The molecule has 0 bridgehead atoms. The first-order valence-electron chi connectivity index (χ1n) is 9.24. The lowest BCUT2D eigenvalue weighted by Gasteiger charge is -2.23. The average molecular weight is 376 g/mol. The molecule has 6 heteroatoms. The van der Waals surface area contributed by atoms with E-state index in [4.69, 9.17) is 0 Å². The van der Waals surface area contributed by atoms with Crippen LogP contribution in [0.3, 0.4) is 0 Å². The number of carbonyl (C=O) groups is 2. The van der Waals surface area contributed by atoms with Gasteiger partial charge in [0.2, 0.25) is 11.8 Å². The molecule has 0 radical (unpaired) electrons. The van der Waals surface area contributed by atoms with E-state index in [9.17, 15) is 19.7 Å². The minimum absolute atomic E-state index is 0.0374. The lowest BCUT2D eigenvalue weighted by molar-refractivity contribution is -0.384. The van der Waals surface area contributed by atoms with Gasteiger partial charge in [0, 0.05) is 12.1 Å². The zero-order chi connectivity index (χ0) is 20.0. The van der Waals surface area contributed by atoms with Gasteiger partial charge in [-0.3, -0.25) is 24.6 Å². The van der Waals surface area contributed by atoms with Gasteiger partial charge >= 0.3 is 0 Å². The van der Waals surface area contributed by atoms with Crippen molar-refractivity contribution in [2.24, 2.45) is 11.8 Å². The molecule has 0 aromatic heterocycles. The summed E-state index contributed by atoms with van der Waals surface area (Å²) < 4.78 is 0. The Morgan fingerprint density at radius 3 is 1.68 bits per heavy atom. The van der Waals surface area contributed by atoms with E-state index in [2.05, 4.69) is 0 Å². The molecule has 28 heavy (non-hydrogen) atoms. The zero-order valence-corrected chi connectivity index (χ0v) is 15.7. The molecule has 0 N–H and O–H groups in total. The SMILES string of the molecule is CC1=C(C)C[C@H]2C(=O)N(c3ccc(-c4ccc([N+](=O)[O-])cc4)cc3)C(=O)[C@H]2C1. The van der Waals surface area contributed by atoms with Gasteiger partial charge in [0.05, 0.1) is 22.4 Å². The summed E-state index contributed by atoms with van der Waals surface area (Å²) in [7, 11) is 0. The highest BCUT2D eigenvalue weighted by atomic mass is 16.6. The number of carbonyl (C=O) groups excluding carboxylic acids is 2. The maximum absolute atomic E-state index is 12.9. The highest BCUT2D eigenvalue weighted by Gasteiger charge is 2.49. The van der Waals surface area contributed by atoms with Gasteiger partial charge in [-0.05, 0) is 62.1 Å². The van der Waals surface area contributed by atoms with E-state index in [1.807, 2.05) is 26.0 Å². The summed E-state index contributed by atoms with van der Waals surface area (Å²) in [5, 5.41) is 10.8. The fourth-order valence-electron chi connectivity index (χ4n) is 4.08. The van der Waals surface area contributed by atoms with Crippen molar-refractivity contribution in [2.45, 2.75) is 26.7 Å². The van der Waals surface area contributed by atoms with Crippen molar-refractivity contribution in [1.29, 1.82) is 0 Å². The van der Waals surface area contributed by atoms with Crippen LogP contribution >= 0.6 is 0 Å². The van der Waals surface area contributed by atoms with Gasteiger partial charge in [0.15, 0.2) is 0 Å². The molecule has 0 saturated carbocycles. The monoisotopic (exact) mass is 376 g/mol. The molecule has 1 heterocycles. The number of benzene rings is 2. The third-order valence-corrected chi connectivity index (χ3v) is 5.88. The Labute approximate surface area is 162 Å². The maximum Gasteiger partial charge on any atom is 0.269 e. The van der Waals surface area contributed by atoms with Crippen LogP contribution in [0.4, 0.5) is 11.4 Å². The molecule has 2 amide bonds. The van der Waals surface area contributed by atoms with Gasteiger partial charge in [-0.15, -0.1) is 0 Å². The van der Waals surface area contributed by atoms with E-state index in [0.717, 1.165) is 11.1 Å². The van der Waals surface area contributed by atoms with Crippen molar-refractivity contribution < 1.29 is 14.5 Å². The fraction of sp³-hybridized carbons (Fsp3) is 0.273. The van der Waals surface area contributed by atoms with E-state index in [1.165, 1.54) is 28.2 Å². The standard InChI is InChI=1S/C22H20N2O4/c1-13-11-19-20(12-14(13)2)22(26)23(21(19)25)17-7-3-15(4-8-17)16-5-9-18(10-6-16)24(27)28/h3-10,19-20H,11-12H2,1-2H3/t19-,20+. The molecule has 1 saturated heterocycles. The van der Waals surface area contributed by atoms with Gasteiger partial charge in [-0.1, -0.05) is 23.3 Å². The molecule has 0 spiro atoms. The van der Waals surface area contributed by atoms with E-state index in [0.29, 0.717) is 18.5 Å². The molecule has 1 fully saturated rings. The Morgan fingerprint density at radius 1 is 0.821 bits per heavy atom. The number of non-ortho nitro benzene ring substituents is 1. The summed E-state index contributed by atoms with van der Waals surface area (Å²) in [6.45, 7) is 4.07. The number of nitro groups is 1. The highest BCUT2D eigenvalue weighted by Crippen LogP contribution is 2.42. The first kappa shape index (κ1) is 18.1. The third kappa shape index (κ3) is 2.91. The largest absolute Gasteiger partial charge is 0.274 e. The van der Waals surface area contributed by atoms with Gasteiger partial charge in [-0.25, -0.2) is 0 Å². The van der Waals surface area contributed by atoms with Crippen LogP contribution in [0.25, 0.3) is 11.1 Å². The van der Waals surface area contributed by atoms with Crippen LogP contribution in [0.1, 0.15) is 26.7 Å². The number of hydrogen-bond donors (Lipinski definition) is 0. The number of amides is 2. The molecule has 2 atom stereocenters. The quantitative estimate of drug-likeness (QED) is 0.342. The molecule has 4 rings (SSSR count). The molecule has 1 aliphatic carbocycles. The summed E-state index contributed by atoms with van der Waals surface area (Å²) in [5.74, 6) is -0.758. The van der Waals surface area contributed by atoms with Crippen LogP contribution in [0.2, 0.25) is 0 Å². The third-order valence-electron chi connectivity index (χ3n) is 5.88. The van der Waals surface area contributed by atoms with E-state index >= 15 is 0 Å². The molecule has 2 aromatic rings. The number of rotatable bonds is 3. The van der Waals surface area contributed by atoms with Gasteiger partial charge in [0.25, 0.3) is 5.69 Å². The second-order valence-corrected chi connectivity index (χ2v) is 7.54. The predicted octanol–water partition coefficient (Wildman–Crippen LogP) is 4.50.